The standard InChI is InChI=1S/C60H72Cl4N10O10/c1-73-33-47(45-27-43(61)29-51(63)49(45)35-73)39-5-3-7-41(25-39)53-31-55(71-37-69-53)65-9-13-79-17-21-83-23-19-81-15-11-67-59(77)57(75)58(76)60(78)68-12-16-82-20-24-84-22-18-80-14-10-66-56-32-54(70-38-72-56)42-8-4-6-40(26-42)48-34-74(2)36-50-46(48)28-44(62)30-52(50)64/h3-8,25-32,37-38,47-48,57-58,75-76H,9-24,33-36H2,1-2H3,(H,67,77)(H,68,78)(H,65,69,71)(H,66,70,72)/t47-,48-,57+,58+/m0/s1. The highest BCUT2D eigenvalue weighted by Crippen LogP contribution is 2.41. The van der Waals surface area contributed by atoms with Crippen molar-refractivity contribution in [1.29, 1.82) is 0 Å². The fourth-order valence-electron chi connectivity index (χ4n) is 9.89. The third kappa shape index (κ3) is 19.2. The van der Waals surface area contributed by atoms with Gasteiger partial charge in [-0.05, 0) is 83.9 Å². The van der Waals surface area contributed by atoms with Gasteiger partial charge >= 0.3 is 0 Å². The zero-order chi connectivity index (χ0) is 59.2. The average Bonchev–Trinajstić information content (AvgIpc) is 3.69. The molecule has 24 heteroatoms. The number of halogens is 4. The second kappa shape index (κ2) is 33.3. The van der Waals surface area contributed by atoms with E-state index in [-0.39, 0.29) is 51.4 Å². The van der Waals surface area contributed by atoms with Crippen LogP contribution in [0.15, 0.2) is 97.6 Å². The maximum atomic E-state index is 12.4. The number of carbonyl (C=O) groups excluding carboxylic acids is 2. The van der Waals surface area contributed by atoms with Crippen LogP contribution in [0.4, 0.5) is 11.6 Å². The fourth-order valence-corrected chi connectivity index (χ4v) is 11.0. The summed E-state index contributed by atoms with van der Waals surface area (Å²) in [6.45, 7) is 8.05. The lowest BCUT2D eigenvalue weighted by atomic mass is 9.84. The number of nitrogens with one attached hydrogen (secondary N) is 4. The first-order valence-electron chi connectivity index (χ1n) is 27.8. The Labute approximate surface area is 509 Å². The number of amides is 2. The van der Waals surface area contributed by atoms with Crippen LogP contribution in [0.3, 0.4) is 0 Å². The zero-order valence-electron chi connectivity index (χ0n) is 47.0. The predicted molar refractivity (Wildman–Crippen MR) is 324 cm³/mol. The highest BCUT2D eigenvalue weighted by molar-refractivity contribution is 6.35. The Balaban J connectivity index is 0.588. The van der Waals surface area contributed by atoms with Crippen molar-refractivity contribution in [3.63, 3.8) is 0 Å². The lowest BCUT2D eigenvalue weighted by molar-refractivity contribution is -0.146. The van der Waals surface area contributed by atoms with Crippen LogP contribution in [0.25, 0.3) is 22.5 Å². The number of carbonyl (C=O) groups is 2. The van der Waals surface area contributed by atoms with Crippen molar-refractivity contribution in [3.05, 3.63) is 151 Å². The van der Waals surface area contributed by atoms with Crippen LogP contribution in [0.2, 0.25) is 20.1 Å². The molecule has 2 aliphatic heterocycles. The molecule has 0 bridgehead atoms. The number of hydrogen-bond donors (Lipinski definition) is 6. The van der Waals surface area contributed by atoms with Crippen LogP contribution >= 0.6 is 46.4 Å². The summed E-state index contributed by atoms with van der Waals surface area (Å²) in [6, 6.07) is 28.2. The summed E-state index contributed by atoms with van der Waals surface area (Å²) in [5.41, 5.74) is 10.3. The van der Waals surface area contributed by atoms with Crippen LogP contribution in [0.5, 0.6) is 0 Å². The molecule has 0 spiro atoms. The number of hydrogen-bond acceptors (Lipinski definition) is 18. The molecule has 450 valence electrons. The van der Waals surface area contributed by atoms with E-state index in [1.807, 2.05) is 48.5 Å². The number of aliphatic hydroxyl groups is 2. The summed E-state index contributed by atoms with van der Waals surface area (Å²) in [4.78, 5) is 47.1. The Morgan fingerprint density at radius 2 is 0.881 bits per heavy atom. The molecule has 8 rings (SSSR count). The summed E-state index contributed by atoms with van der Waals surface area (Å²) in [7, 11) is 4.19. The molecule has 6 aromatic rings. The predicted octanol–water partition coefficient (Wildman–Crippen LogP) is 6.95. The van der Waals surface area contributed by atoms with Gasteiger partial charge in [0.25, 0.3) is 11.8 Å². The summed E-state index contributed by atoms with van der Waals surface area (Å²) in [5.74, 6) is -0.255. The number of aliphatic hydroxyl groups excluding tert-OH is 2. The first-order chi connectivity index (χ1) is 40.8. The van der Waals surface area contributed by atoms with Crippen molar-refractivity contribution < 1.29 is 48.2 Å². The van der Waals surface area contributed by atoms with Crippen molar-refractivity contribution in [2.24, 2.45) is 0 Å². The summed E-state index contributed by atoms with van der Waals surface area (Å²) < 4.78 is 33.5. The van der Waals surface area contributed by atoms with Gasteiger partial charge < -0.3 is 69.7 Å². The number of nitrogens with zero attached hydrogens (tertiary/aromatic N) is 6. The van der Waals surface area contributed by atoms with E-state index in [4.69, 9.17) is 74.8 Å². The first-order valence-corrected chi connectivity index (χ1v) is 29.4. The molecule has 0 unspecified atom stereocenters. The van der Waals surface area contributed by atoms with Gasteiger partial charge in [-0.3, -0.25) is 9.59 Å². The first kappa shape index (κ1) is 64.3. The van der Waals surface area contributed by atoms with Crippen molar-refractivity contribution in [1.82, 2.24) is 40.4 Å². The van der Waals surface area contributed by atoms with Gasteiger partial charge in [-0.15, -0.1) is 0 Å². The molecule has 2 aromatic heterocycles. The third-order valence-electron chi connectivity index (χ3n) is 14.0. The average molecular weight is 1240 g/mol. The van der Waals surface area contributed by atoms with Gasteiger partial charge in [0.15, 0.2) is 12.2 Å². The third-order valence-corrected chi connectivity index (χ3v) is 15.1. The SMILES string of the molecule is CN1Cc2c(Cl)cc(Cl)cc2[C@H](c2cccc(-c3cc(NCCOCCOCCOCCNC(=O)[C@H](O)[C@@H](O)C(=O)NCCOCCOCCOCCNc4cc(-c5cccc([C@@H]6CN(C)Cc7c(Cl)cc(Cl)cc76)c5)ncn4)ncn3)c2)C1. The van der Waals surface area contributed by atoms with Crippen LogP contribution in [-0.4, -0.2) is 197 Å². The quantitative estimate of drug-likeness (QED) is 0.0229. The molecule has 20 nitrogen and oxygen atoms in total. The van der Waals surface area contributed by atoms with Crippen molar-refractivity contribution in [3.8, 4) is 22.5 Å². The number of anilines is 2. The molecule has 2 aliphatic rings. The van der Waals surface area contributed by atoms with E-state index in [1.54, 1.807) is 12.1 Å². The number of ether oxygens (including phenoxy) is 6. The van der Waals surface area contributed by atoms with E-state index in [1.165, 1.54) is 12.7 Å². The molecule has 6 N–H and O–H groups in total. The van der Waals surface area contributed by atoms with Gasteiger partial charge in [0.05, 0.1) is 90.7 Å². The number of rotatable bonds is 33. The Morgan fingerprint density at radius 3 is 1.27 bits per heavy atom. The smallest absolute Gasteiger partial charge is 0.252 e. The van der Waals surface area contributed by atoms with Crippen LogP contribution in [0.1, 0.15) is 45.2 Å². The lowest BCUT2D eigenvalue weighted by Crippen LogP contribution is -2.50. The molecule has 4 atom stereocenters. The van der Waals surface area contributed by atoms with E-state index < -0.39 is 24.0 Å². The largest absolute Gasteiger partial charge is 0.380 e. The van der Waals surface area contributed by atoms with E-state index >= 15 is 0 Å². The van der Waals surface area contributed by atoms with Gasteiger partial charge in [0.1, 0.15) is 24.3 Å². The minimum Gasteiger partial charge on any atom is -0.380 e. The molecule has 4 aromatic carbocycles. The van der Waals surface area contributed by atoms with Gasteiger partial charge in [-0.2, -0.15) is 0 Å². The van der Waals surface area contributed by atoms with Crippen LogP contribution < -0.4 is 21.3 Å². The Morgan fingerprint density at radius 1 is 0.512 bits per heavy atom. The second-order valence-electron chi connectivity index (χ2n) is 20.2. The van der Waals surface area contributed by atoms with E-state index in [0.717, 1.165) is 82.1 Å². The molecule has 2 amide bonds. The van der Waals surface area contributed by atoms with Crippen LogP contribution in [-0.2, 0) is 51.1 Å². The van der Waals surface area contributed by atoms with Crippen molar-refractivity contribution in [2.75, 3.05) is 143 Å². The van der Waals surface area contributed by atoms with Gasteiger partial charge in [-0.1, -0.05) is 82.8 Å². The minimum absolute atomic E-state index is 0.0462. The van der Waals surface area contributed by atoms with E-state index in [9.17, 15) is 19.8 Å². The normalized spacial score (nSPS) is 15.9. The van der Waals surface area contributed by atoms with E-state index in [0.29, 0.717) is 97.7 Å². The Kier molecular flexibility index (Phi) is 25.5. The molecule has 84 heavy (non-hydrogen) atoms. The number of benzene rings is 4. The van der Waals surface area contributed by atoms with Crippen LogP contribution in [0, 0.1) is 0 Å². The molecule has 4 heterocycles. The minimum atomic E-state index is -1.97. The molecular formula is C60H72Cl4N10O10. The second-order valence-corrected chi connectivity index (χ2v) is 21.9. The molecule has 0 saturated carbocycles. The summed E-state index contributed by atoms with van der Waals surface area (Å²) >= 11 is 26.1. The Hall–Kier alpha value is -5.66. The number of aromatic nitrogens is 4. The topological polar surface area (TPSA) is 236 Å². The van der Waals surface area contributed by atoms with Crippen molar-refractivity contribution >= 4 is 69.9 Å². The molecule has 0 radical (unpaired) electrons. The highest BCUT2D eigenvalue weighted by atomic mass is 35.5. The lowest BCUT2D eigenvalue weighted by Gasteiger charge is -2.33. The van der Waals surface area contributed by atoms with Gasteiger partial charge in [-0.25, -0.2) is 19.9 Å². The molecule has 0 saturated heterocycles. The zero-order valence-corrected chi connectivity index (χ0v) is 50.1. The highest BCUT2D eigenvalue weighted by Gasteiger charge is 2.31. The fraction of sp³-hybridized carbons (Fsp3) is 0.433. The maximum Gasteiger partial charge on any atom is 0.252 e. The molecule has 0 fully saturated rings. The number of fused-ring (bicyclic) bond motifs is 2. The molecule has 0 aliphatic carbocycles. The summed E-state index contributed by atoms with van der Waals surface area (Å²) in [6.07, 6.45) is -0.870. The number of likely N-dealkylation sites (N-methyl/N-ethyl adjacent to an activating group) is 2. The summed E-state index contributed by atoms with van der Waals surface area (Å²) in [5, 5.41) is 34.5. The van der Waals surface area contributed by atoms with Crippen molar-refractivity contribution in [2.45, 2.75) is 37.1 Å². The van der Waals surface area contributed by atoms with Gasteiger partial charge in [0, 0.05) is 108 Å². The monoisotopic (exact) mass is 1230 g/mol. The Bertz CT molecular complexity index is 2900. The van der Waals surface area contributed by atoms with Gasteiger partial charge in [0.2, 0.25) is 0 Å². The molecular weight excluding hydrogens is 1160 g/mol. The maximum absolute atomic E-state index is 12.4. The van der Waals surface area contributed by atoms with E-state index in [2.05, 4.69) is 89.4 Å².